The number of carbonyl (C=O) groups is 1. The molecule has 1 aliphatic heterocycles. The van der Waals surface area contributed by atoms with E-state index in [0.29, 0.717) is 19.0 Å². The second-order valence-corrected chi connectivity index (χ2v) is 7.99. The van der Waals surface area contributed by atoms with E-state index in [-0.39, 0.29) is 17.9 Å². The monoisotopic (exact) mass is 379 g/mol. The Morgan fingerprint density at radius 2 is 2.14 bits per heavy atom. The van der Waals surface area contributed by atoms with Gasteiger partial charge in [-0.1, -0.05) is 6.92 Å². The first-order valence-electron chi connectivity index (χ1n) is 10.0. The first-order valence-corrected chi connectivity index (χ1v) is 10.0. The molecule has 28 heavy (non-hydrogen) atoms. The van der Waals surface area contributed by atoms with E-state index in [0.717, 1.165) is 47.6 Å². The second kappa shape index (κ2) is 6.74. The molecular formula is C21H25N5O2. The van der Waals surface area contributed by atoms with Crippen molar-refractivity contribution in [1.29, 1.82) is 0 Å². The molecule has 0 aromatic carbocycles. The summed E-state index contributed by atoms with van der Waals surface area (Å²) in [6.45, 7) is 6.39. The van der Waals surface area contributed by atoms with E-state index in [1.165, 1.54) is 0 Å². The van der Waals surface area contributed by atoms with Gasteiger partial charge in [-0.15, -0.1) is 0 Å². The SMILES string of the molecule is CC1CCC(c2cc(N3CCOC[C@H]3C)nc3c2ccn3-c2ccn[nH]2)C1=O. The number of pyridine rings is 1. The van der Waals surface area contributed by atoms with Crippen LogP contribution in [0.2, 0.25) is 0 Å². The Morgan fingerprint density at radius 3 is 2.86 bits per heavy atom. The number of H-pyrrole nitrogens is 1. The van der Waals surface area contributed by atoms with Gasteiger partial charge in [0, 0.05) is 36.0 Å². The molecule has 3 atom stereocenters. The van der Waals surface area contributed by atoms with E-state index in [9.17, 15) is 4.79 Å². The maximum Gasteiger partial charge on any atom is 0.148 e. The summed E-state index contributed by atoms with van der Waals surface area (Å²) < 4.78 is 7.62. The van der Waals surface area contributed by atoms with Crippen LogP contribution in [-0.2, 0) is 9.53 Å². The van der Waals surface area contributed by atoms with Gasteiger partial charge in [0.2, 0.25) is 0 Å². The maximum atomic E-state index is 12.9. The lowest BCUT2D eigenvalue weighted by molar-refractivity contribution is -0.121. The number of Topliss-reactive ketones (excluding diaryl/α,β-unsaturated/α-hetero) is 1. The molecule has 0 bridgehead atoms. The number of morpholine rings is 1. The quantitative estimate of drug-likeness (QED) is 0.757. The molecule has 1 saturated carbocycles. The van der Waals surface area contributed by atoms with Crippen molar-refractivity contribution in [3.63, 3.8) is 0 Å². The Labute approximate surface area is 163 Å². The van der Waals surface area contributed by atoms with E-state index in [4.69, 9.17) is 9.72 Å². The van der Waals surface area contributed by atoms with Crippen LogP contribution in [0.15, 0.2) is 30.6 Å². The van der Waals surface area contributed by atoms with Gasteiger partial charge in [0.15, 0.2) is 0 Å². The molecule has 2 unspecified atom stereocenters. The third-order valence-electron chi connectivity index (χ3n) is 6.18. The van der Waals surface area contributed by atoms with Crippen LogP contribution >= 0.6 is 0 Å². The zero-order chi connectivity index (χ0) is 19.3. The Hall–Kier alpha value is -2.67. The molecule has 0 radical (unpaired) electrons. The second-order valence-electron chi connectivity index (χ2n) is 7.99. The molecule has 7 nitrogen and oxygen atoms in total. The predicted molar refractivity (Wildman–Crippen MR) is 107 cm³/mol. The molecule has 3 aromatic rings. The molecule has 4 heterocycles. The van der Waals surface area contributed by atoms with Gasteiger partial charge in [-0.3, -0.25) is 14.5 Å². The van der Waals surface area contributed by atoms with Crippen LogP contribution in [0, 0.1) is 5.92 Å². The number of carbonyl (C=O) groups excluding carboxylic acids is 1. The molecule has 1 N–H and O–H groups in total. The zero-order valence-electron chi connectivity index (χ0n) is 16.3. The number of hydrogen-bond acceptors (Lipinski definition) is 5. The lowest BCUT2D eigenvalue weighted by Crippen LogP contribution is -2.44. The number of nitrogens with zero attached hydrogens (tertiary/aromatic N) is 4. The number of aromatic amines is 1. The lowest BCUT2D eigenvalue weighted by Gasteiger charge is -2.34. The van der Waals surface area contributed by atoms with Crippen molar-refractivity contribution in [3.05, 3.63) is 36.2 Å². The normalized spacial score (nSPS) is 25.7. The largest absolute Gasteiger partial charge is 0.377 e. The fourth-order valence-electron chi connectivity index (χ4n) is 4.55. The van der Waals surface area contributed by atoms with Gasteiger partial charge in [0.05, 0.1) is 25.5 Å². The van der Waals surface area contributed by atoms with Crippen LogP contribution in [0.1, 0.15) is 38.2 Å². The topological polar surface area (TPSA) is 76.0 Å². The Bertz CT molecular complexity index is 1010. The van der Waals surface area contributed by atoms with Crippen LogP contribution in [0.4, 0.5) is 5.82 Å². The third-order valence-corrected chi connectivity index (χ3v) is 6.18. The van der Waals surface area contributed by atoms with Crippen LogP contribution < -0.4 is 4.90 Å². The first kappa shape index (κ1) is 17.4. The molecule has 3 aromatic heterocycles. The van der Waals surface area contributed by atoms with Gasteiger partial charge in [-0.25, -0.2) is 4.98 Å². The predicted octanol–water partition coefficient (Wildman–Crippen LogP) is 3.06. The van der Waals surface area contributed by atoms with Crippen molar-refractivity contribution in [1.82, 2.24) is 19.7 Å². The average Bonchev–Trinajstić information content (AvgIpc) is 3.43. The molecule has 2 fully saturated rings. The molecule has 2 aliphatic rings. The van der Waals surface area contributed by atoms with Crippen molar-refractivity contribution in [2.45, 2.75) is 38.6 Å². The summed E-state index contributed by atoms with van der Waals surface area (Å²) in [5.41, 5.74) is 1.97. The molecule has 1 aliphatic carbocycles. The summed E-state index contributed by atoms with van der Waals surface area (Å²) in [6, 6.07) is 6.39. The molecule has 7 heteroatoms. The van der Waals surface area contributed by atoms with Crippen molar-refractivity contribution in [2.24, 2.45) is 5.92 Å². The zero-order valence-corrected chi connectivity index (χ0v) is 16.3. The number of aromatic nitrogens is 4. The molecule has 146 valence electrons. The number of ketones is 1. The van der Waals surface area contributed by atoms with Crippen LogP contribution in [0.25, 0.3) is 16.9 Å². The summed E-state index contributed by atoms with van der Waals surface area (Å²) in [7, 11) is 0. The third kappa shape index (κ3) is 2.73. The standard InChI is InChI=1S/C21H25N5O2/c1-13-3-4-15(20(13)27)17-11-19(25-9-10-28-12-14(25)2)23-21-16(17)6-8-26(21)18-5-7-22-24-18/h5-8,11,13-15H,3-4,9-10,12H2,1-2H3,(H,22,24)/t13?,14-,15?/m1/s1. The molecule has 5 rings (SSSR count). The van der Waals surface area contributed by atoms with Crippen LogP contribution in [0.5, 0.6) is 0 Å². The summed E-state index contributed by atoms with van der Waals surface area (Å²) in [5.74, 6) is 2.22. The minimum Gasteiger partial charge on any atom is -0.377 e. The number of rotatable bonds is 3. The van der Waals surface area contributed by atoms with Gasteiger partial charge < -0.3 is 9.64 Å². The average molecular weight is 379 g/mol. The summed E-state index contributed by atoms with van der Waals surface area (Å²) in [4.78, 5) is 20.2. The van der Waals surface area contributed by atoms with Crippen LogP contribution in [-0.4, -0.2) is 51.3 Å². The Morgan fingerprint density at radius 1 is 1.25 bits per heavy atom. The van der Waals surface area contributed by atoms with Crippen molar-refractivity contribution >= 4 is 22.6 Å². The van der Waals surface area contributed by atoms with Crippen molar-refractivity contribution in [2.75, 3.05) is 24.7 Å². The van der Waals surface area contributed by atoms with E-state index in [1.54, 1.807) is 6.20 Å². The highest BCUT2D eigenvalue weighted by Gasteiger charge is 2.34. The summed E-state index contributed by atoms with van der Waals surface area (Å²) in [5, 5.41) is 8.14. The number of anilines is 1. The Kier molecular flexibility index (Phi) is 4.19. The number of ether oxygens (including phenoxy) is 1. The van der Waals surface area contributed by atoms with E-state index < -0.39 is 0 Å². The van der Waals surface area contributed by atoms with Crippen molar-refractivity contribution < 1.29 is 9.53 Å². The van der Waals surface area contributed by atoms with Gasteiger partial charge in [0.1, 0.15) is 23.1 Å². The number of nitrogens with one attached hydrogen (secondary N) is 1. The van der Waals surface area contributed by atoms with Gasteiger partial charge >= 0.3 is 0 Å². The maximum absolute atomic E-state index is 12.9. The minimum absolute atomic E-state index is 0.0480. The summed E-state index contributed by atoms with van der Waals surface area (Å²) >= 11 is 0. The highest BCUT2D eigenvalue weighted by Crippen LogP contribution is 2.40. The van der Waals surface area contributed by atoms with E-state index in [1.807, 2.05) is 23.8 Å². The fourth-order valence-corrected chi connectivity index (χ4v) is 4.55. The number of fused-ring (bicyclic) bond motifs is 1. The molecular weight excluding hydrogens is 354 g/mol. The van der Waals surface area contributed by atoms with Gasteiger partial charge in [0.25, 0.3) is 0 Å². The van der Waals surface area contributed by atoms with Gasteiger partial charge in [-0.05, 0) is 37.5 Å². The Balaban J connectivity index is 1.70. The molecule has 1 saturated heterocycles. The van der Waals surface area contributed by atoms with E-state index >= 15 is 0 Å². The molecule has 0 spiro atoms. The number of hydrogen-bond donors (Lipinski definition) is 1. The first-order chi connectivity index (χ1) is 13.6. The molecule has 0 amide bonds. The smallest absolute Gasteiger partial charge is 0.148 e. The minimum atomic E-state index is -0.0480. The van der Waals surface area contributed by atoms with E-state index in [2.05, 4.69) is 34.2 Å². The lowest BCUT2D eigenvalue weighted by atomic mass is 9.93. The van der Waals surface area contributed by atoms with Gasteiger partial charge in [-0.2, -0.15) is 5.10 Å². The van der Waals surface area contributed by atoms with Crippen LogP contribution in [0.3, 0.4) is 0 Å². The summed E-state index contributed by atoms with van der Waals surface area (Å²) in [6.07, 6.45) is 5.60. The highest BCUT2D eigenvalue weighted by molar-refractivity contribution is 5.95. The highest BCUT2D eigenvalue weighted by atomic mass is 16.5. The van der Waals surface area contributed by atoms with Crippen molar-refractivity contribution in [3.8, 4) is 5.82 Å². The fraction of sp³-hybridized carbons (Fsp3) is 0.476.